The van der Waals surface area contributed by atoms with Crippen LogP contribution in [0.2, 0.25) is 0 Å². The smallest absolute Gasteiger partial charge is 0.270 e. The summed E-state index contributed by atoms with van der Waals surface area (Å²) in [7, 11) is 1.72. The number of para-hydroxylation sites is 2. The molecule has 1 aliphatic carbocycles. The molecule has 8 rings (SSSR count). The van der Waals surface area contributed by atoms with Gasteiger partial charge in [-0.05, 0) is 38.0 Å². The summed E-state index contributed by atoms with van der Waals surface area (Å²) < 4.78 is 3.85. The average molecular weight is 695 g/mol. The minimum atomic E-state index is -0.440. The molecular weight excluding hydrogens is 660 g/mol. The topological polar surface area (TPSA) is 170 Å². The number of aryl methyl sites for hydroxylation is 1. The van der Waals surface area contributed by atoms with Gasteiger partial charge in [0.25, 0.3) is 11.6 Å². The van der Waals surface area contributed by atoms with Gasteiger partial charge in [0.1, 0.15) is 11.5 Å². The van der Waals surface area contributed by atoms with Crippen LogP contribution in [0.15, 0.2) is 97.5 Å². The Kier molecular flexibility index (Phi) is 8.26. The van der Waals surface area contributed by atoms with E-state index in [1.807, 2.05) is 37.4 Å². The van der Waals surface area contributed by atoms with E-state index in [9.17, 15) is 19.7 Å². The number of nitrogens with zero attached hydrogens (tertiary/aromatic N) is 8. The summed E-state index contributed by atoms with van der Waals surface area (Å²) in [4.78, 5) is 50.9. The number of aromatic amines is 1. The number of H-pyrrole nitrogens is 1. The van der Waals surface area contributed by atoms with E-state index < -0.39 is 4.92 Å². The first-order valence-corrected chi connectivity index (χ1v) is 16.9. The van der Waals surface area contributed by atoms with Crippen molar-refractivity contribution in [1.82, 2.24) is 44.7 Å². The Balaban J connectivity index is 0.871. The molecule has 0 bridgehead atoms. The number of nitrogens with one attached hydrogen (secondary N) is 2. The highest BCUT2D eigenvalue weighted by atomic mass is 16.6. The second kappa shape index (κ2) is 13.2. The molecule has 3 aromatic carbocycles. The van der Waals surface area contributed by atoms with Gasteiger partial charge in [-0.2, -0.15) is 0 Å². The third-order valence-electron chi connectivity index (χ3n) is 9.64. The molecule has 1 saturated carbocycles. The first kappa shape index (κ1) is 32.5. The van der Waals surface area contributed by atoms with Crippen LogP contribution < -0.4 is 5.32 Å². The zero-order valence-corrected chi connectivity index (χ0v) is 28.4. The predicted octanol–water partition coefficient (Wildman–Crippen LogP) is 5.59. The summed E-state index contributed by atoms with van der Waals surface area (Å²) in [5.74, 6) is 0.0414. The van der Waals surface area contributed by atoms with Gasteiger partial charge in [0.2, 0.25) is 5.91 Å². The van der Waals surface area contributed by atoms with Gasteiger partial charge in [-0.15, -0.1) is 5.10 Å². The van der Waals surface area contributed by atoms with Crippen LogP contribution in [0.3, 0.4) is 0 Å². The van der Waals surface area contributed by atoms with E-state index in [4.69, 9.17) is 0 Å². The van der Waals surface area contributed by atoms with E-state index in [1.165, 1.54) is 29.1 Å². The van der Waals surface area contributed by atoms with Crippen LogP contribution >= 0.6 is 0 Å². The standard InChI is InChI=1S/C38H34N10O4/c1-23-36(24-8-7-9-29(16-24)48(51)52)42-35(40-23)22-45(2)38(50)25-14-27(15-25)41-37(49)26-17-30(19-39-18-26)47-21-28(43-44-47)20-46-33-12-5-3-10-31(33)32-11-4-6-13-34(32)46/h3-13,16-19,21,25,27H,14-15,20,22H2,1-2H3,(H,40,42)(H,41,49). The SMILES string of the molecule is Cc1[nH]c(CN(C)C(=O)C2CC(NC(=O)c3cncc(-n4cc(Cn5c6ccccc6c6ccccc65)nn4)c3)C2)nc1-c1cccc([N+](=O)[O-])c1. The fourth-order valence-electron chi connectivity index (χ4n) is 6.98. The third kappa shape index (κ3) is 6.14. The number of non-ortho nitro benzene ring substituents is 1. The Morgan fingerprint density at radius 2 is 1.73 bits per heavy atom. The van der Waals surface area contributed by atoms with Crippen molar-refractivity contribution in [3.05, 3.63) is 130 Å². The maximum Gasteiger partial charge on any atom is 0.270 e. The highest BCUT2D eigenvalue weighted by molar-refractivity contribution is 6.08. The van der Waals surface area contributed by atoms with Crippen molar-refractivity contribution in [1.29, 1.82) is 0 Å². The number of hydrogen-bond donors (Lipinski definition) is 2. The van der Waals surface area contributed by atoms with Gasteiger partial charge in [-0.1, -0.05) is 53.7 Å². The lowest BCUT2D eigenvalue weighted by molar-refractivity contribution is -0.384. The zero-order valence-electron chi connectivity index (χ0n) is 28.4. The molecule has 52 heavy (non-hydrogen) atoms. The van der Waals surface area contributed by atoms with E-state index in [-0.39, 0.29) is 36.0 Å². The molecule has 1 fully saturated rings. The molecule has 14 nitrogen and oxygen atoms in total. The van der Waals surface area contributed by atoms with E-state index >= 15 is 0 Å². The van der Waals surface area contributed by atoms with Gasteiger partial charge in [0, 0.05) is 70.4 Å². The summed E-state index contributed by atoms with van der Waals surface area (Å²) in [6, 6.07) is 24.5. The van der Waals surface area contributed by atoms with Crippen LogP contribution in [-0.2, 0) is 17.9 Å². The minimum absolute atomic E-state index is 0.0134. The van der Waals surface area contributed by atoms with E-state index in [0.717, 1.165) is 22.4 Å². The number of benzene rings is 3. The molecular formula is C38H34N10O4. The van der Waals surface area contributed by atoms with Crippen molar-refractivity contribution >= 4 is 39.3 Å². The second-order valence-electron chi connectivity index (χ2n) is 13.2. The van der Waals surface area contributed by atoms with Crippen molar-refractivity contribution in [2.45, 2.75) is 38.9 Å². The number of rotatable bonds is 10. The van der Waals surface area contributed by atoms with Gasteiger partial charge in [0.15, 0.2) is 0 Å². The molecule has 0 unspecified atom stereocenters. The van der Waals surface area contributed by atoms with Crippen molar-refractivity contribution < 1.29 is 14.5 Å². The van der Waals surface area contributed by atoms with Crippen LogP contribution in [0.25, 0.3) is 38.8 Å². The van der Waals surface area contributed by atoms with Crippen LogP contribution in [0, 0.1) is 23.0 Å². The number of amides is 2. The molecule has 4 aromatic heterocycles. The predicted molar refractivity (Wildman–Crippen MR) is 194 cm³/mol. The molecule has 0 atom stereocenters. The molecule has 14 heteroatoms. The Morgan fingerprint density at radius 1 is 1.00 bits per heavy atom. The van der Waals surface area contributed by atoms with Crippen LogP contribution in [0.1, 0.15) is 40.4 Å². The lowest BCUT2D eigenvalue weighted by atomic mass is 9.79. The molecule has 0 saturated heterocycles. The molecule has 2 N–H and O–H groups in total. The fraction of sp³-hybridized carbons (Fsp3) is 0.211. The second-order valence-corrected chi connectivity index (χ2v) is 13.2. The number of pyridine rings is 1. The highest BCUT2D eigenvalue weighted by Gasteiger charge is 2.37. The fourth-order valence-corrected chi connectivity index (χ4v) is 6.98. The summed E-state index contributed by atoms with van der Waals surface area (Å²) in [5, 5.41) is 25.4. The number of aromatic nitrogens is 7. The van der Waals surface area contributed by atoms with Crippen LogP contribution in [0.4, 0.5) is 5.69 Å². The number of carbonyl (C=O) groups is 2. The summed E-state index contributed by atoms with van der Waals surface area (Å²) >= 11 is 0. The molecule has 4 heterocycles. The van der Waals surface area contributed by atoms with Gasteiger partial charge >= 0.3 is 0 Å². The maximum atomic E-state index is 13.2. The average Bonchev–Trinajstić information content (AvgIpc) is 3.85. The van der Waals surface area contributed by atoms with Crippen LogP contribution in [-0.4, -0.2) is 69.2 Å². The maximum absolute atomic E-state index is 13.2. The summed E-state index contributed by atoms with van der Waals surface area (Å²) in [6.07, 6.45) is 6.04. The molecule has 0 radical (unpaired) electrons. The lowest BCUT2D eigenvalue weighted by Crippen LogP contribution is -2.49. The quantitative estimate of drug-likeness (QED) is 0.138. The number of fused-ring (bicyclic) bond motifs is 3. The minimum Gasteiger partial charge on any atom is -0.349 e. The summed E-state index contributed by atoms with van der Waals surface area (Å²) in [5.41, 5.74) is 5.97. The lowest BCUT2D eigenvalue weighted by Gasteiger charge is -2.36. The molecule has 1 aliphatic rings. The summed E-state index contributed by atoms with van der Waals surface area (Å²) in [6.45, 7) is 2.62. The molecule has 260 valence electrons. The van der Waals surface area contributed by atoms with Gasteiger partial charge in [0.05, 0.1) is 47.4 Å². The largest absolute Gasteiger partial charge is 0.349 e. The number of hydrogen-bond acceptors (Lipinski definition) is 8. The van der Waals surface area contributed by atoms with Gasteiger partial charge < -0.3 is 19.8 Å². The van der Waals surface area contributed by atoms with Gasteiger partial charge in [-0.3, -0.25) is 24.7 Å². The van der Waals surface area contributed by atoms with E-state index in [2.05, 4.69) is 59.4 Å². The Morgan fingerprint density at radius 3 is 2.46 bits per heavy atom. The highest BCUT2D eigenvalue weighted by Crippen LogP contribution is 2.31. The molecule has 0 aliphatic heterocycles. The molecule has 0 spiro atoms. The zero-order chi connectivity index (χ0) is 35.9. The van der Waals surface area contributed by atoms with E-state index in [1.54, 1.807) is 41.0 Å². The number of imidazole rings is 1. The Hall–Kier alpha value is -6.70. The van der Waals surface area contributed by atoms with Crippen molar-refractivity contribution in [3.63, 3.8) is 0 Å². The Bertz CT molecular complexity index is 2440. The normalized spacial score (nSPS) is 15.4. The number of carbonyl (C=O) groups excluding carboxylic acids is 2. The molecule has 7 aromatic rings. The Labute approximate surface area is 297 Å². The third-order valence-corrected chi connectivity index (χ3v) is 9.64. The first-order valence-electron chi connectivity index (χ1n) is 16.9. The van der Waals surface area contributed by atoms with E-state index in [0.29, 0.717) is 47.7 Å². The monoisotopic (exact) mass is 694 g/mol. The first-order chi connectivity index (χ1) is 25.2. The van der Waals surface area contributed by atoms with Crippen LogP contribution in [0.5, 0.6) is 0 Å². The molecule has 2 amide bonds. The number of nitro benzene ring substituents is 1. The number of nitro groups is 1. The van der Waals surface area contributed by atoms with Crippen molar-refractivity contribution in [2.24, 2.45) is 5.92 Å². The van der Waals surface area contributed by atoms with Crippen molar-refractivity contribution in [3.8, 4) is 16.9 Å². The van der Waals surface area contributed by atoms with Crippen molar-refractivity contribution in [2.75, 3.05) is 7.05 Å². The van der Waals surface area contributed by atoms with Gasteiger partial charge in [-0.25, -0.2) is 9.67 Å².